The number of carbonyl (C=O) groups excluding carboxylic acids is 1. The Balaban J connectivity index is 1.76. The van der Waals surface area contributed by atoms with E-state index < -0.39 is 0 Å². The Kier molecular flexibility index (Phi) is 5.43. The summed E-state index contributed by atoms with van der Waals surface area (Å²) in [4.78, 5) is 11.7. The number of benzene rings is 1. The number of hydrogen-bond donors (Lipinski definition) is 2. The van der Waals surface area contributed by atoms with Crippen LogP contribution in [0.4, 0.5) is 0 Å². The molecule has 5 nitrogen and oxygen atoms in total. The van der Waals surface area contributed by atoms with E-state index in [1.54, 1.807) is 19.2 Å². The molecule has 0 atom stereocenters. The molecule has 0 fully saturated rings. The second kappa shape index (κ2) is 7.55. The third kappa shape index (κ3) is 4.28. The lowest BCUT2D eigenvalue weighted by Gasteiger charge is -2.15. The van der Waals surface area contributed by atoms with Crippen LogP contribution in [0.3, 0.4) is 0 Å². The zero-order chi connectivity index (χ0) is 14.2. The molecule has 1 aliphatic rings. The SMILES string of the molecule is COc1ccccc1OCC(=O)NCC1=CCNCC1. The lowest BCUT2D eigenvalue weighted by atomic mass is 10.1. The van der Waals surface area contributed by atoms with Crippen molar-refractivity contribution in [3.05, 3.63) is 35.9 Å². The minimum absolute atomic E-state index is 0.00803. The molecular weight excluding hydrogens is 256 g/mol. The fourth-order valence-electron chi connectivity index (χ4n) is 1.97. The predicted molar refractivity (Wildman–Crippen MR) is 77.1 cm³/mol. The lowest BCUT2D eigenvalue weighted by molar-refractivity contribution is -0.122. The number of amides is 1. The normalized spacial score (nSPS) is 14.3. The summed E-state index contributed by atoms with van der Waals surface area (Å²) in [6.07, 6.45) is 3.10. The first kappa shape index (κ1) is 14.4. The van der Waals surface area contributed by atoms with Crippen LogP contribution < -0.4 is 20.1 Å². The average molecular weight is 276 g/mol. The van der Waals surface area contributed by atoms with Crippen LogP contribution in [0.25, 0.3) is 0 Å². The number of methoxy groups -OCH3 is 1. The molecule has 20 heavy (non-hydrogen) atoms. The van der Waals surface area contributed by atoms with Gasteiger partial charge in [0.15, 0.2) is 18.1 Å². The first-order valence-corrected chi connectivity index (χ1v) is 6.70. The third-order valence-electron chi connectivity index (χ3n) is 3.10. The average Bonchev–Trinajstić information content (AvgIpc) is 2.52. The quantitative estimate of drug-likeness (QED) is 0.764. The number of para-hydroxylation sites is 2. The molecule has 2 rings (SSSR count). The fraction of sp³-hybridized carbons (Fsp3) is 0.400. The second-order valence-electron chi connectivity index (χ2n) is 4.53. The Hall–Kier alpha value is -2.01. The molecule has 1 aromatic carbocycles. The Morgan fingerprint density at radius 2 is 2.15 bits per heavy atom. The van der Waals surface area contributed by atoms with Crippen molar-refractivity contribution in [3.8, 4) is 11.5 Å². The minimum atomic E-state index is -0.129. The first-order chi connectivity index (χ1) is 9.79. The Labute approximate surface area is 119 Å². The molecule has 0 unspecified atom stereocenters. The van der Waals surface area contributed by atoms with E-state index in [9.17, 15) is 4.79 Å². The van der Waals surface area contributed by atoms with E-state index in [0.29, 0.717) is 18.0 Å². The summed E-state index contributed by atoms with van der Waals surface area (Å²) in [5.74, 6) is 1.07. The molecule has 0 saturated carbocycles. The maximum atomic E-state index is 11.7. The predicted octanol–water partition coefficient (Wildman–Crippen LogP) is 1.11. The van der Waals surface area contributed by atoms with Crippen molar-refractivity contribution in [2.45, 2.75) is 6.42 Å². The Morgan fingerprint density at radius 3 is 2.85 bits per heavy atom. The number of rotatable bonds is 6. The van der Waals surface area contributed by atoms with Crippen molar-refractivity contribution in [2.75, 3.05) is 33.4 Å². The molecule has 1 heterocycles. The molecule has 0 aliphatic carbocycles. The van der Waals surface area contributed by atoms with Gasteiger partial charge >= 0.3 is 0 Å². The van der Waals surface area contributed by atoms with E-state index in [-0.39, 0.29) is 12.5 Å². The van der Waals surface area contributed by atoms with Gasteiger partial charge in [0.1, 0.15) is 0 Å². The van der Waals surface area contributed by atoms with E-state index in [4.69, 9.17) is 9.47 Å². The molecule has 0 radical (unpaired) electrons. The van der Waals surface area contributed by atoms with Crippen LogP contribution in [0.2, 0.25) is 0 Å². The van der Waals surface area contributed by atoms with Crippen molar-refractivity contribution in [1.82, 2.24) is 10.6 Å². The standard InChI is InChI=1S/C15H20N2O3/c1-19-13-4-2-3-5-14(13)20-11-15(18)17-10-12-6-8-16-9-7-12/h2-6,16H,7-11H2,1H3,(H,17,18). The molecule has 0 spiro atoms. The van der Waals surface area contributed by atoms with Gasteiger partial charge in [0, 0.05) is 13.1 Å². The fourth-order valence-corrected chi connectivity index (χ4v) is 1.97. The van der Waals surface area contributed by atoms with E-state index in [1.807, 2.05) is 12.1 Å². The monoisotopic (exact) mass is 276 g/mol. The number of carbonyl (C=O) groups is 1. The highest BCUT2D eigenvalue weighted by atomic mass is 16.5. The van der Waals surface area contributed by atoms with Gasteiger partial charge in [-0.15, -0.1) is 0 Å². The third-order valence-corrected chi connectivity index (χ3v) is 3.10. The van der Waals surface area contributed by atoms with Gasteiger partial charge in [-0.2, -0.15) is 0 Å². The molecule has 5 heteroatoms. The Bertz CT molecular complexity index is 486. The van der Waals surface area contributed by atoms with Gasteiger partial charge in [0.25, 0.3) is 5.91 Å². The molecular formula is C15H20N2O3. The largest absolute Gasteiger partial charge is 0.493 e. The number of nitrogens with one attached hydrogen (secondary N) is 2. The van der Waals surface area contributed by atoms with Crippen LogP contribution in [-0.4, -0.2) is 39.3 Å². The van der Waals surface area contributed by atoms with Gasteiger partial charge in [-0.1, -0.05) is 23.8 Å². The summed E-state index contributed by atoms with van der Waals surface area (Å²) in [6.45, 7) is 2.43. The second-order valence-corrected chi connectivity index (χ2v) is 4.53. The maximum Gasteiger partial charge on any atom is 0.258 e. The van der Waals surface area contributed by atoms with E-state index in [1.165, 1.54) is 5.57 Å². The molecule has 1 aliphatic heterocycles. The molecule has 0 bridgehead atoms. The molecule has 108 valence electrons. The van der Waals surface area contributed by atoms with Crippen molar-refractivity contribution in [1.29, 1.82) is 0 Å². The smallest absolute Gasteiger partial charge is 0.258 e. The summed E-state index contributed by atoms with van der Waals surface area (Å²) >= 11 is 0. The first-order valence-electron chi connectivity index (χ1n) is 6.70. The van der Waals surface area contributed by atoms with Crippen LogP contribution >= 0.6 is 0 Å². The topological polar surface area (TPSA) is 59.6 Å². The van der Waals surface area contributed by atoms with Gasteiger partial charge in [0.2, 0.25) is 0 Å². The lowest BCUT2D eigenvalue weighted by Crippen LogP contribution is -2.32. The highest BCUT2D eigenvalue weighted by Crippen LogP contribution is 2.25. The van der Waals surface area contributed by atoms with Gasteiger partial charge in [-0.3, -0.25) is 4.79 Å². The zero-order valence-corrected chi connectivity index (χ0v) is 11.6. The summed E-state index contributed by atoms with van der Waals surface area (Å²) in [5.41, 5.74) is 1.26. The number of hydrogen-bond acceptors (Lipinski definition) is 4. The van der Waals surface area contributed by atoms with E-state index in [0.717, 1.165) is 19.5 Å². The van der Waals surface area contributed by atoms with Crippen LogP contribution in [0.15, 0.2) is 35.9 Å². The zero-order valence-electron chi connectivity index (χ0n) is 11.6. The summed E-state index contributed by atoms with van der Waals surface area (Å²) in [7, 11) is 1.58. The van der Waals surface area contributed by atoms with Crippen LogP contribution in [0.5, 0.6) is 11.5 Å². The van der Waals surface area contributed by atoms with Gasteiger partial charge in [0.05, 0.1) is 7.11 Å². The summed E-state index contributed by atoms with van der Waals surface area (Å²) in [6, 6.07) is 7.28. The van der Waals surface area contributed by atoms with Crippen molar-refractivity contribution < 1.29 is 14.3 Å². The van der Waals surface area contributed by atoms with Crippen LogP contribution in [0, 0.1) is 0 Å². The molecule has 0 saturated heterocycles. The van der Waals surface area contributed by atoms with Crippen LogP contribution in [0.1, 0.15) is 6.42 Å². The highest BCUT2D eigenvalue weighted by molar-refractivity contribution is 5.77. The van der Waals surface area contributed by atoms with Crippen molar-refractivity contribution >= 4 is 5.91 Å². The van der Waals surface area contributed by atoms with Gasteiger partial charge in [-0.25, -0.2) is 0 Å². The molecule has 2 N–H and O–H groups in total. The minimum Gasteiger partial charge on any atom is -0.493 e. The maximum absolute atomic E-state index is 11.7. The Morgan fingerprint density at radius 1 is 1.35 bits per heavy atom. The van der Waals surface area contributed by atoms with Gasteiger partial charge < -0.3 is 20.1 Å². The molecule has 1 amide bonds. The highest BCUT2D eigenvalue weighted by Gasteiger charge is 2.08. The van der Waals surface area contributed by atoms with E-state index in [2.05, 4.69) is 16.7 Å². The molecule has 0 aromatic heterocycles. The van der Waals surface area contributed by atoms with Crippen molar-refractivity contribution in [2.24, 2.45) is 0 Å². The van der Waals surface area contributed by atoms with Gasteiger partial charge in [-0.05, 0) is 25.1 Å². The summed E-state index contributed by atoms with van der Waals surface area (Å²) < 4.78 is 10.6. The molecule has 1 aromatic rings. The summed E-state index contributed by atoms with van der Waals surface area (Å²) in [5, 5.41) is 6.09. The van der Waals surface area contributed by atoms with Crippen LogP contribution in [-0.2, 0) is 4.79 Å². The van der Waals surface area contributed by atoms with E-state index >= 15 is 0 Å². The van der Waals surface area contributed by atoms with Crippen molar-refractivity contribution in [3.63, 3.8) is 0 Å². The number of ether oxygens (including phenoxy) is 2.